The molecule has 2 rings (SSSR count). The second-order valence-electron chi connectivity index (χ2n) is 3.30. The average molecular weight is 242 g/mol. The summed E-state index contributed by atoms with van der Waals surface area (Å²) in [4.78, 5) is 11.0. The van der Waals surface area contributed by atoms with E-state index in [-0.39, 0.29) is 12.4 Å². The first-order valence-corrected chi connectivity index (χ1v) is 5.25. The van der Waals surface area contributed by atoms with Crippen molar-refractivity contribution in [1.29, 1.82) is 0 Å². The summed E-state index contributed by atoms with van der Waals surface area (Å²) < 4.78 is 0. The number of hydrogen-bond acceptors (Lipinski definition) is 3. The highest BCUT2D eigenvalue weighted by molar-refractivity contribution is 8.01. The highest BCUT2D eigenvalue weighted by Crippen LogP contribution is 2.38. The van der Waals surface area contributed by atoms with Gasteiger partial charge in [-0.1, -0.05) is 42.1 Å². The minimum atomic E-state index is -0.559. The molecular formula is C11H12ClNOS. The summed E-state index contributed by atoms with van der Waals surface area (Å²) in [6, 6.07) is 8.04. The number of carbonyl (C=O) groups excluding carboxylic acids is 1. The van der Waals surface area contributed by atoms with Crippen molar-refractivity contribution in [2.24, 2.45) is 5.73 Å². The summed E-state index contributed by atoms with van der Waals surface area (Å²) in [7, 11) is 0. The minimum Gasteiger partial charge on any atom is -0.313 e. The Balaban J connectivity index is 0.00000112. The number of benzene rings is 1. The number of fused-ring (bicyclic) bond motifs is 1. The summed E-state index contributed by atoms with van der Waals surface area (Å²) in [5.41, 5.74) is 7.20. The van der Waals surface area contributed by atoms with Gasteiger partial charge >= 0.3 is 0 Å². The van der Waals surface area contributed by atoms with Crippen LogP contribution in [0.3, 0.4) is 0 Å². The maximum atomic E-state index is 10.5. The Bertz CT molecular complexity index is 394. The van der Waals surface area contributed by atoms with Gasteiger partial charge in [0.05, 0.1) is 4.87 Å². The van der Waals surface area contributed by atoms with Crippen molar-refractivity contribution >= 4 is 36.5 Å². The van der Waals surface area contributed by atoms with Gasteiger partial charge < -0.3 is 10.5 Å². The standard InChI is InChI=1S/C11H11NOS.ClH/c12-11(7-8-13)6-5-9-3-1-2-4-10(9)14-11;/h1-6,8H,7,12H2;1H. The molecule has 2 N–H and O–H groups in total. The number of thioether (sulfide) groups is 1. The Hall–Kier alpha value is -0.770. The van der Waals surface area contributed by atoms with E-state index in [1.807, 2.05) is 36.4 Å². The van der Waals surface area contributed by atoms with E-state index in [0.717, 1.165) is 11.2 Å². The van der Waals surface area contributed by atoms with Gasteiger partial charge in [0.15, 0.2) is 0 Å². The molecule has 80 valence electrons. The van der Waals surface area contributed by atoms with Crippen LogP contribution < -0.4 is 5.73 Å². The lowest BCUT2D eigenvalue weighted by Gasteiger charge is -2.27. The fourth-order valence-corrected chi connectivity index (χ4v) is 2.52. The van der Waals surface area contributed by atoms with Crippen molar-refractivity contribution in [1.82, 2.24) is 0 Å². The van der Waals surface area contributed by atoms with Crippen LogP contribution in [0.1, 0.15) is 12.0 Å². The highest BCUT2D eigenvalue weighted by atomic mass is 35.5. The van der Waals surface area contributed by atoms with Gasteiger partial charge in [0.1, 0.15) is 6.29 Å². The van der Waals surface area contributed by atoms with Gasteiger partial charge in [0.25, 0.3) is 0 Å². The normalized spacial score (nSPS) is 22.7. The lowest BCUT2D eigenvalue weighted by molar-refractivity contribution is -0.108. The zero-order chi connectivity index (χ0) is 10.0. The van der Waals surface area contributed by atoms with E-state index in [2.05, 4.69) is 0 Å². The lowest BCUT2D eigenvalue weighted by atomic mass is 10.1. The summed E-state index contributed by atoms with van der Waals surface area (Å²) in [5.74, 6) is 0. The fraction of sp³-hybridized carbons (Fsp3) is 0.182. The van der Waals surface area contributed by atoms with Gasteiger partial charge in [-0.05, 0) is 11.6 Å². The van der Waals surface area contributed by atoms with Crippen LogP contribution in [0.25, 0.3) is 6.08 Å². The van der Waals surface area contributed by atoms with Crippen molar-refractivity contribution in [3.05, 3.63) is 35.9 Å². The maximum absolute atomic E-state index is 10.5. The maximum Gasteiger partial charge on any atom is 0.123 e. The minimum absolute atomic E-state index is 0. The zero-order valence-corrected chi connectivity index (χ0v) is 9.68. The Morgan fingerprint density at radius 2 is 2.13 bits per heavy atom. The van der Waals surface area contributed by atoms with Gasteiger partial charge in [-0.3, -0.25) is 0 Å². The van der Waals surface area contributed by atoms with E-state index in [4.69, 9.17) is 5.73 Å². The van der Waals surface area contributed by atoms with Gasteiger partial charge in [0.2, 0.25) is 0 Å². The molecule has 1 aromatic carbocycles. The van der Waals surface area contributed by atoms with Crippen LogP contribution in [0.15, 0.2) is 35.2 Å². The first-order chi connectivity index (χ1) is 6.73. The molecule has 15 heavy (non-hydrogen) atoms. The van der Waals surface area contributed by atoms with Crippen LogP contribution in [-0.4, -0.2) is 11.2 Å². The van der Waals surface area contributed by atoms with Crippen LogP contribution >= 0.6 is 24.2 Å². The number of halogens is 1. The monoisotopic (exact) mass is 241 g/mol. The Kier molecular flexibility index (Phi) is 3.97. The third-order valence-corrected chi connectivity index (χ3v) is 3.44. The van der Waals surface area contributed by atoms with Crippen molar-refractivity contribution in [2.45, 2.75) is 16.2 Å². The predicted molar refractivity (Wildman–Crippen MR) is 66.2 cm³/mol. The molecule has 1 unspecified atom stereocenters. The first-order valence-electron chi connectivity index (χ1n) is 4.43. The zero-order valence-electron chi connectivity index (χ0n) is 8.05. The second kappa shape index (κ2) is 4.84. The first kappa shape index (κ1) is 12.3. The Morgan fingerprint density at radius 1 is 1.40 bits per heavy atom. The molecule has 0 fully saturated rings. The van der Waals surface area contributed by atoms with Crippen LogP contribution in [-0.2, 0) is 4.79 Å². The predicted octanol–water partition coefficient (Wildman–Crippen LogP) is 2.47. The smallest absolute Gasteiger partial charge is 0.123 e. The summed E-state index contributed by atoms with van der Waals surface area (Å²) in [5, 5.41) is 0. The summed E-state index contributed by atoms with van der Waals surface area (Å²) in [6.07, 6.45) is 5.09. The van der Waals surface area contributed by atoms with Gasteiger partial charge in [-0.25, -0.2) is 0 Å². The molecule has 0 aromatic heterocycles. The van der Waals surface area contributed by atoms with Crippen molar-refractivity contribution < 1.29 is 4.79 Å². The van der Waals surface area contributed by atoms with Crippen molar-refractivity contribution in [3.8, 4) is 0 Å². The highest BCUT2D eigenvalue weighted by Gasteiger charge is 2.26. The largest absolute Gasteiger partial charge is 0.313 e. The van der Waals surface area contributed by atoms with Gasteiger partial charge in [-0.2, -0.15) is 0 Å². The van der Waals surface area contributed by atoms with Gasteiger partial charge in [-0.15, -0.1) is 12.4 Å². The van der Waals surface area contributed by atoms with E-state index in [9.17, 15) is 4.79 Å². The van der Waals surface area contributed by atoms with Crippen LogP contribution in [0, 0.1) is 0 Å². The molecule has 0 amide bonds. The number of carbonyl (C=O) groups is 1. The SMILES string of the molecule is Cl.NC1(CC=O)C=Cc2ccccc2S1. The molecule has 0 spiro atoms. The molecule has 2 nitrogen and oxygen atoms in total. The van der Waals surface area contributed by atoms with Crippen LogP contribution in [0.4, 0.5) is 0 Å². The molecule has 1 heterocycles. The van der Waals surface area contributed by atoms with E-state index in [1.165, 1.54) is 5.56 Å². The fourth-order valence-electron chi connectivity index (χ4n) is 1.42. The van der Waals surface area contributed by atoms with E-state index >= 15 is 0 Å². The number of hydrogen-bond donors (Lipinski definition) is 1. The second-order valence-corrected chi connectivity index (χ2v) is 4.70. The Labute approximate surface area is 99.3 Å². The number of rotatable bonds is 2. The third kappa shape index (κ3) is 2.62. The molecule has 0 aliphatic carbocycles. The third-order valence-electron chi connectivity index (χ3n) is 2.17. The molecule has 1 aliphatic rings. The molecular weight excluding hydrogens is 230 g/mol. The van der Waals surface area contributed by atoms with Crippen LogP contribution in [0.5, 0.6) is 0 Å². The summed E-state index contributed by atoms with van der Waals surface area (Å²) >= 11 is 1.54. The lowest BCUT2D eigenvalue weighted by Crippen LogP contribution is -2.35. The van der Waals surface area contributed by atoms with E-state index < -0.39 is 4.87 Å². The van der Waals surface area contributed by atoms with Gasteiger partial charge in [0, 0.05) is 11.3 Å². The Morgan fingerprint density at radius 3 is 2.87 bits per heavy atom. The molecule has 1 aliphatic heterocycles. The molecule has 0 bridgehead atoms. The average Bonchev–Trinajstić information content (AvgIpc) is 2.17. The molecule has 1 aromatic rings. The number of aldehydes is 1. The quantitative estimate of drug-likeness (QED) is 0.809. The van der Waals surface area contributed by atoms with Crippen molar-refractivity contribution in [2.75, 3.05) is 0 Å². The van der Waals surface area contributed by atoms with Crippen molar-refractivity contribution in [3.63, 3.8) is 0 Å². The van der Waals surface area contributed by atoms with Crippen LogP contribution in [0.2, 0.25) is 0 Å². The molecule has 4 heteroatoms. The molecule has 0 radical (unpaired) electrons. The van der Waals surface area contributed by atoms with E-state index in [0.29, 0.717) is 6.42 Å². The molecule has 1 atom stereocenters. The molecule has 0 saturated carbocycles. The topological polar surface area (TPSA) is 43.1 Å². The molecule has 0 saturated heterocycles. The number of nitrogens with two attached hydrogens (primary N) is 1. The summed E-state index contributed by atoms with van der Waals surface area (Å²) in [6.45, 7) is 0. The van der Waals surface area contributed by atoms with E-state index in [1.54, 1.807) is 11.8 Å².